The molecule has 0 saturated heterocycles. The van der Waals surface area contributed by atoms with Gasteiger partial charge in [0, 0.05) is 0 Å². The van der Waals surface area contributed by atoms with Crippen LogP contribution in [0, 0.1) is 0 Å². The van der Waals surface area contributed by atoms with Crippen LogP contribution in [0.1, 0.15) is 48.6 Å². The fourth-order valence-corrected chi connectivity index (χ4v) is 5.56. The molecule has 0 aliphatic heterocycles. The van der Waals surface area contributed by atoms with Crippen molar-refractivity contribution in [1.29, 1.82) is 0 Å². The average Bonchev–Trinajstić information content (AvgIpc) is 3.92. The van der Waals surface area contributed by atoms with Gasteiger partial charge in [0.2, 0.25) is 0 Å². The first-order chi connectivity index (χ1) is 19.6. The van der Waals surface area contributed by atoms with E-state index in [4.69, 9.17) is 0 Å². The van der Waals surface area contributed by atoms with Gasteiger partial charge in [-0.25, -0.2) is 0 Å². The predicted octanol–water partition coefficient (Wildman–Crippen LogP) is 11.0. The summed E-state index contributed by atoms with van der Waals surface area (Å²) in [5.41, 5.74) is 8.68. The van der Waals surface area contributed by atoms with Crippen LogP contribution in [0.4, 0.5) is 0 Å². The maximum absolute atomic E-state index is 2.40. The molecule has 0 spiro atoms. The van der Waals surface area contributed by atoms with Crippen molar-refractivity contribution in [2.45, 2.75) is 50.6 Å². The molecule has 2 fully saturated rings. The van der Waals surface area contributed by atoms with Gasteiger partial charge in [-0.3, -0.25) is 0 Å². The molecule has 6 aromatic rings. The van der Waals surface area contributed by atoms with E-state index < -0.39 is 0 Å². The molecule has 0 N–H and O–H groups in total. The van der Waals surface area contributed by atoms with Crippen molar-refractivity contribution in [1.82, 2.24) is 0 Å². The zero-order valence-electron chi connectivity index (χ0n) is 23.5. The van der Waals surface area contributed by atoms with Crippen LogP contribution in [0.15, 0.2) is 121 Å². The summed E-state index contributed by atoms with van der Waals surface area (Å²) in [7, 11) is 0. The summed E-state index contributed by atoms with van der Waals surface area (Å²) < 4.78 is 0. The van der Waals surface area contributed by atoms with E-state index in [1.54, 1.807) is 0 Å². The van der Waals surface area contributed by atoms with Gasteiger partial charge in [-0.15, -0.1) is 69.1 Å². The molecule has 6 aromatic carbocycles. The van der Waals surface area contributed by atoms with E-state index in [2.05, 4.69) is 134 Å². The first kappa shape index (κ1) is 27.4. The Bertz CT molecular complexity index is 1600. The van der Waals surface area contributed by atoms with Crippen molar-refractivity contribution >= 4 is 27.0 Å². The van der Waals surface area contributed by atoms with Gasteiger partial charge in [-0.2, -0.15) is 12.1 Å². The molecule has 0 unspecified atom stereocenters. The molecular weight excluding hydrogens is 663 g/mol. The third-order valence-corrected chi connectivity index (χ3v) is 7.81. The number of fused-ring (bicyclic) bond motifs is 2. The van der Waals surface area contributed by atoms with Crippen LogP contribution >= 0.6 is 0 Å². The van der Waals surface area contributed by atoms with E-state index in [9.17, 15) is 0 Å². The van der Waals surface area contributed by atoms with Crippen LogP contribution in [-0.4, -0.2) is 5.49 Å². The quantitative estimate of drug-likeness (QED) is 0.127. The van der Waals surface area contributed by atoms with E-state index in [-0.39, 0.29) is 5.49 Å². The molecule has 8 rings (SSSR count). The average molecular weight is 699 g/mol. The van der Waals surface area contributed by atoms with Crippen LogP contribution < -0.4 is 0 Å². The van der Waals surface area contributed by atoms with Crippen molar-refractivity contribution in [3.05, 3.63) is 132 Å². The Morgan fingerprint density at radius 2 is 0.925 bits per heavy atom. The van der Waals surface area contributed by atoms with Gasteiger partial charge >= 0.3 is 41.6 Å². The third kappa shape index (κ3) is 6.56. The van der Waals surface area contributed by atoms with Gasteiger partial charge < -0.3 is 0 Å². The normalized spacial score (nSPS) is 14.3. The second-order valence-electron chi connectivity index (χ2n) is 11.5. The van der Waals surface area contributed by atoms with Gasteiger partial charge in [-0.05, 0) is 48.6 Å². The van der Waals surface area contributed by atoms with Crippen LogP contribution in [0.2, 0.25) is 13.1 Å². The molecule has 2 heteroatoms. The predicted molar refractivity (Wildman–Crippen MR) is 171 cm³/mol. The molecule has 196 valence electrons. The van der Waals surface area contributed by atoms with Crippen LogP contribution in [-0.2, 0) is 23.0 Å². The molecule has 2 aliphatic rings. The van der Waals surface area contributed by atoms with Crippen LogP contribution in [0.3, 0.4) is 0 Å². The second kappa shape index (κ2) is 12.4. The minimum absolute atomic E-state index is 0.259. The fraction of sp³-hybridized carbons (Fsp3) is 0.211. The monoisotopic (exact) mass is 700 g/mol. The minimum atomic E-state index is 0.259. The molecule has 2 saturated carbocycles. The molecule has 40 heavy (non-hydrogen) atoms. The number of hydrogen-bond donors (Lipinski definition) is 0. The van der Waals surface area contributed by atoms with Crippen molar-refractivity contribution < 1.29 is 23.0 Å². The Morgan fingerprint density at radius 3 is 1.27 bits per heavy atom. The Morgan fingerprint density at radius 1 is 0.550 bits per heavy atom. The van der Waals surface area contributed by atoms with Gasteiger partial charge in [0.05, 0.1) is 0 Å². The van der Waals surface area contributed by atoms with E-state index >= 15 is 0 Å². The van der Waals surface area contributed by atoms with Crippen LogP contribution in [0.25, 0.3) is 43.8 Å². The zero-order chi connectivity index (χ0) is 27.5. The molecule has 0 amide bonds. The summed E-state index contributed by atoms with van der Waals surface area (Å²) in [6.07, 6.45) is 5.49. The van der Waals surface area contributed by atoms with E-state index in [0.29, 0.717) is 0 Å². The van der Waals surface area contributed by atoms with Gasteiger partial charge in [0.25, 0.3) is 0 Å². The van der Waals surface area contributed by atoms with E-state index in [1.807, 2.05) is 0 Å². The Hall–Kier alpha value is -2.81. The molecule has 0 bridgehead atoms. The van der Waals surface area contributed by atoms with Crippen molar-refractivity contribution in [2.24, 2.45) is 0 Å². The summed E-state index contributed by atoms with van der Waals surface area (Å²) in [5.74, 6) is 1.67. The molecule has 0 heterocycles. The minimum Gasteiger partial charge on any atom is -0.164 e. The molecule has 0 nitrogen and oxygen atoms in total. The summed E-state index contributed by atoms with van der Waals surface area (Å²) >= 11 is 1.45. The summed E-state index contributed by atoms with van der Waals surface area (Å²) in [6.45, 7) is 4.66. The van der Waals surface area contributed by atoms with Gasteiger partial charge in [0.15, 0.2) is 0 Å². The van der Waals surface area contributed by atoms with E-state index in [1.165, 1.54) is 104 Å². The van der Waals surface area contributed by atoms with Crippen molar-refractivity contribution in [2.75, 3.05) is 0 Å². The molecule has 0 atom stereocenters. The maximum Gasteiger partial charge on any atom is -0.0279 e. The largest absolute Gasteiger partial charge is 0.164 e. The first-order valence-electron chi connectivity index (χ1n) is 14.6. The maximum atomic E-state index is 2.40. The Kier molecular flexibility index (Phi) is 8.46. The van der Waals surface area contributed by atoms with Crippen molar-refractivity contribution in [3.63, 3.8) is 0 Å². The van der Waals surface area contributed by atoms with Crippen LogP contribution in [0.5, 0.6) is 0 Å². The molecule has 0 radical (unpaired) electrons. The van der Waals surface area contributed by atoms with E-state index in [0.717, 1.165) is 11.8 Å². The fourth-order valence-electron chi connectivity index (χ4n) is 5.56. The SMILES string of the molecule is C[Si](C)=[Hf+2].c1ccc(-c2cccc3[cH-]c(C4CC4)cc23)cc1.c1ccc(-c2cccc3[cH-]c(C4CC4)cc23)cc1. The first-order valence-corrected chi connectivity index (χ1v) is 22.5. The zero-order valence-corrected chi connectivity index (χ0v) is 28.1. The molecule has 2 aliphatic carbocycles. The molecular formula is C38H36HfSi. The molecule has 0 aromatic heterocycles. The van der Waals surface area contributed by atoms with Gasteiger partial charge in [0.1, 0.15) is 0 Å². The summed E-state index contributed by atoms with van der Waals surface area (Å²) in [6, 6.07) is 44.2. The standard InChI is InChI=1S/2C18H15.C2H6Si.Hf/c2*1-2-5-14(6-3-1)17-8-4-7-15-11-16(12-18(15)17)13-9-10-13;1-3-2;/h2*1-8,11-13H,9-10H2;1-2H3;/q2*-1;;+2. The number of benzene rings is 4. The van der Waals surface area contributed by atoms with Crippen molar-refractivity contribution in [3.8, 4) is 22.3 Å². The Labute approximate surface area is 253 Å². The number of hydrogen-bond acceptors (Lipinski definition) is 0. The summed E-state index contributed by atoms with van der Waals surface area (Å²) in [4.78, 5) is 0. The topological polar surface area (TPSA) is 0 Å². The smallest absolute Gasteiger partial charge is 0.0279 e. The second-order valence-corrected chi connectivity index (χ2v) is 24.3. The van der Waals surface area contributed by atoms with Gasteiger partial charge in [-0.1, -0.05) is 83.9 Å². The number of rotatable bonds is 4. The third-order valence-electron chi connectivity index (χ3n) is 7.81. The Balaban J connectivity index is 0.000000128. The summed E-state index contributed by atoms with van der Waals surface area (Å²) in [5, 5.41) is 5.59.